The molecule has 1 rings (SSSR count). The minimum absolute atomic E-state index is 0.00673. The molecule has 1 unspecified atom stereocenters. The van der Waals surface area contributed by atoms with Gasteiger partial charge in [-0.2, -0.15) is 4.72 Å². The van der Waals surface area contributed by atoms with Gasteiger partial charge in [0.15, 0.2) is 0 Å². The molecule has 0 amide bonds. The largest absolute Gasteiger partial charge is 0.494 e. The molecule has 0 spiro atoms. The van der Waals surface area contributed by atoms with E-state index < -0.39 is 21.5 Å². The Morgan fingerprint density at radius 2 is 1.86 bits per heavy atom. The summed E-state index contributed by atoms with van der Waals surface area (Å²) in [6.07, 6.45) is 0.994. The van der Waals surface area contributed by atoms with E-state index in [9.17, 15) is 13.2 Å². The van der Waals surface area contributed by atoms with Crippen molar-refractivity contribution in [3.8, 4) is 5.75 Å². The number of carbonyl (C=O) groups is 1. The number of aliphatic carboxylic acids is 1. The predicted octanol–water partition coefficient (Wildman–Crippen LogP) is 2.01. The molecule has 0 aliphatic carbocycles. The third kappa shape index (κ3) is 4.44. The molecule has 0 saturated heterocycles. The Morgan fingerprint density at radius 1 is 1.29 bits per heavy atom. The lowest BCUT2D eigenvalue weighted by Crippen LogP contribution is -2.51. The normalized spacial score (nSPS) is 14.4. The number of carboxylic acid groups (broad SMARTS) is 1. The molecule has 0 aliphatic rings. The van der Waals surface area contributed by atoms with Crippen molar-refractivity contribution in [2.75, 3.05) is 6.61 Å². The molecule has 1 atom stereocenters. The fourth-order valence-corrected chi connectivity index (χ4v) is 2.99. The standard InChI is InChI=1S/C14H21NO5S/c1-4-10-20-11-6-8-12(9-7-11)21(18,19)15-14(3,5-2)13(16)17/h6-9,15H,4-5,10H2,1-3H3,(H,16,17). The summed E-state index contributed by atoms with van der Waals surface area (Å²) in [5.41, 5.74) is -1.53. The zero-order valence-corrected chi connectivity index (χ0v) is 13.2. The molecular formula is C14H21NO5S. The van der Waals surface area contributed by atoms with Crippen LogP contribution in [0.25, 0.3) is 0 Å². The Kier molecular flexibility index (Phi) is 5.74. The first kappa shape index (κ1) is 17.5. The van der Waals surface area contributed by atoms with Crippen molar-refractivity contribution in [2.24, 2.45) is 0 Å². The number of hydrogen-bond acceptors (Lipinski definition) is 4. The second-order valence-electron chi connectivity index (χ2n) is 4.92. The van der Waals surface area contributed by atoms with E-state index in [1.807, 2.05) is 6.92 Å². The third-order valence-electron chi connectivity index (χ3n) is 3.15. The van der Waals surface area contributed by atoms with E-state index in [1.54, 1.807) is 19.1 Å². The van der Waals surface area contributed by atoms with E-state index >= 15 is 0 Å². The number of benzene rings is 1. The maximum Gasteiger partial charge on any atom is 0.324 e. The fraction of sp³-hybridized carbons (Fsp3) is 0.500. The molecule has 0 heterocycles. The van der Waals surface area contributed by atoms with E-state index in [2.05, 4.69) is 4.72 Å². The first-order valence-corrected chi connectivity index (χ1v) is 8.23. The van der Waals surface area contributed by atoms with Crippen LogP contribution in [0.15, 0.2) is 29.2 Å². The molecule has 6 nitrogen and oxygen atoms in total. The summed E-state index contributed by atoms with van der Waals surface area (Å²) in [6, 6.07) is 5.89. The first-order valence-electron chi connectivity index (χ1n) is 6.75. The van der Waals surface area contributed by atoms with Crippen molar-refractivity contribution >= 4 is 16.0 Å². The lowest BCUT2D eigenvalue weighted by atomic mass is 10.0. The molecule has 0 bridgehead atoms. The molecule has 0 fully saturated rings. The quantitative estimate of drug-likeness (QED) is 0.765. The van der Waals surface area contributed by atoms with Gasteiger partial charge >= 0.3 is 5.97 Å². The van der Waals surface area contributed by atoms with Crippen LogP contribution in [0.3, 0.4) is 0 Å². The number of sulfonamides is 1. The molecule has 2 N–H and O–H groups in total. The fourth-order valence-electron chi connectivity index (χ4n) is 1.56. The van der Waals surface area contributed by atoms with Crippen molar-refractivity contribution in [2.45, 2.75) is 44.0 Å². The predicted molar refractivity (Wildman–Crippen MR) is 78.9 cm³/mol. The minimum atomic E-state index is -3.90. The Bertz CT molecular complexity index is 582. The molecule has 0 saturated carbocycles. The average Bonchev–Trinajstić information content (AvgIpc) is 2.44. The highest BCUT2D eigenvalue weighted by atomic mass is 32.2. The summed E-state index contributed by atoms with van der Waals surface area (Å²) in [4.78, 5) is 11.2. The topological polar surface area (TPSA) is 92.7 Å². The summed E-state index contributed by atoms with van der Waals surface area (Å²) >= 11 is 0. The molecule has 7 heteroatoms. The van der Waals surface area contributed by atoms with Crippen LogP contribution in [-0.4, -0.2) is 31.6 Å². The Hall–Kier alpha value is -1.60. The van der Waals surface area contributed by atoms with Gasteiger partial charge in [-0.05, 0) is 44.0 Å². The lowest BCUT2D eigenvalue weighted by molar-refractivity contribution is -0.143. The minimum Gasteiger partial charge on any atom is -0.494 e. The zero-order chi connectivity index (χ0) is 16.1. The van der Waals surface area contributed by atoms with Gasteiger partial charge in [0, 0.05) is 0 Å². The summed E-state index contributed by atoms with van der Waals surface area (Å²) < 4.78 is 32.0. The molecular weight excluding hydrogens is 294 g/mol. The van der Waals surface area contributed by atoms with Gasteiger partial charge in [-0.15, -0.1) is 0 Å². The van der Waals surface area contributed by atoms with Crippen molar-refractivity contribution in [1.29, 1.82) is 0 Å². The maximum atomic E-state index is 12.2. The smallest absolute Gasteiger partial charge is 0.324 e. The van der Waals surface area contributed by atoms with Crippen LogP contribution < -0.4 is 9.46 Å². The van der Waals surface area contributed by atoms with Crippen LogP contribution in [0.1, 0.15) is 33.6 Å². The van der Waals surface area contributed by atoms with Crippen LogP contribution in [0, 0.1) is 0 Å². The highest BCUT2D eigenvalue weighted by molar-refractivity contribution is 7.89. The van der Waals surface area contributed by atoms with Crippen LogP contribution in [0.2, 0.25) is 0 Å². The summed E-state index contributed by atoms with van der Waals surface area (Å²) in [7, 11) is -3.90. The number of ether oxygens (including phenoxy) is 1. The number of carboxylic acids is 1. The number of rotatable bonds is 8. The first-order chi connectivity index (χ1) is 9.75. The van der Waals surface area contributed by atoms with Crippen molar-refractivity contribution in [3.63, 3.8) is 0 Å². The highest BCUT2D eigenvalue weighted by Crippen LogP contribution is 2.19. The average molecular weight is 315 g/mol. The van der Waals surface area contributed by atoms with Gasteiger partial charge in [-0.1, -0.05) is 13.8 Å². The van der Waals surface area contributed by atoms with Gasteiger partial charge in [-0.25, -0.2) is 8.42 Å². The second-order valence-corrected chi connectivity index (χ2v) is 6.60. The van der Waals surface area contributed by atoms with Gasteiger partial charge in [0.1, 0.15) is 11.3 Å². The second kappa shape index (κ2) is 6.91. The Balaban J connectivity index is 2.95. The molecule has 118 valence electrons. The van der Waals surface area contributed by atoms with Crippen molar-refractivity contribution in [1.82, 2.24) is 4.72 Å². The van der Waals surface area contributed by atoms with Crippen molar-refractivity contribution < 1.29 is 23.1 Å². The van der Waals surface area contributed by atoms with Crippen LogP contribution in [0.4, 0.5) is 0 Å². The molecule has 0 radical (unpaired) electrons. The van der Waals surface area contributed by atoms with E-state index in [-0.39, 0.29) is 11.3 Å². The van der Waals surface area contributed by atoms with Crippen LogP contribution in [-0.2, 0) is 14.8 Å². The van der Waals surface area contributed by atoms with Gasteiger partial charge in [0.05, 0.1) is 11.5 Å². The lowest BCUT2D eigenvalue weighted by Gasteiger charge is -2.24. The molecule has 1 aromatic rings. The van der Waals surface area contributed by atoms with Gasteiger partial charge in [0.25, 0.3) is 0 Å². The Morgan fingerprint density at radius 3 is 2.29 bits per heavy atom. The van der Waals surface area contributed by atoms with Crippen molar-refractivity contribution in [3.05, 3.63) is 24.3 Å². The zero-order valence-electron chi connectivity index (χ0n) is 12.4. The third-order valence-corrected chi connectivity index (χ3v) is 4.76. The van der Waals surface area contributed by atoms with Gasteiger partial charge in [-0.3, -0.25) is 4.79 Å². The van der Waals surface area contributed by atoms with E-state index in [0.29, 0.717) is 12.4 Å². The van der Waals surface area contributed by atoms with E-state index in [4.69, 9.17) is 9.84 Å². The maximum absolute atomic E-state index is 12.2. The monoisotopic (exact) mass is 315 g/mol. The summed E-state index contributed by atoms with van der Waals surface area (Å²) in [5, 5.41) is 9.14. The van der Waals surface area contributed by atoms with Crippen LogP contribution >= 0.6 is 0 Å². The van der Waals surface area contributed by atoms with Gasteiger partial charge in [0.2, 0.25) is 10.0 Å². The Labute approximate surface area is 125 Å². The molecule has 21 heavy (non-hydrogen) atoms. The number of hydrogen-bond donors (Lipinski definition) is 2. The SMILES string of the molecule is CCCOc1ccc(S(=O)(=O)NC(C)(CC)C(=O)O)cc1. The van der Waals surface area contributed by atoms with E-state index in [1.165, 1.54) is 19.1 Å². The highest BCUT2D eigenvalue weighted by Gasteiger charge is 2.36. The summed E-state index contributed by atoms with van der Waals surface area (Å²) in [5.74, 6) is -0.635. The van der Waals surface area contributed by atoms with Crippen LogP contribution in [0.5, 0.6) is 5.75 Å². The molecule has 1 aromatic carbocycles. The van der Waals surface area contributed by atoms with E-state index in [0.717, 1.165) is 6.42 Å². The summed E-state index contributed by atoms with van der Waals surface area (Å²) in [6.45, 7) is 5.47. The number of nitrogens with one attached hydrogen (secondary N) is 1. The molecule has 0 aromatic heterocycles. The molecule has 0 aliphatic heterocycles. The van der Waals surface area contributed by atoms with Gasteiger partial charge < -0.3 is 9.84 Å².